The van der Waals surface area contributed by atoms with Gasteiger partial charge in [0.05, 0.1) is 12.1 Å². The van der Waals surface area contributed by atoms with Crippen molar-refractivity contribution in [1.29, 1.82) is 0 Å². The Morgan fingerprint density at radius 3 is 3.03 bits per heavy atom. The lowest BCUT2D eigenvalue weighted by Crippen LogP contribution is -2.44. The van der Waals surface area contributed by atoms with Crippen LogP contribution in [0.5, 0.6) is 0 Å². The Kier molecular flexibility index (Phi) is 5.67. The van der Waals surface area contributed by atoms with Crippen LogP contribution < -0.4 is 10.2 Å². The predicted molar refractivity (Wildman–Crippen MR) is 124 cm³/mol. The smallest absolute Gasteiger partial charge is 0.224 e. The Balaban J connectivity index is 1.31. The van der Waals surface area contributed by atoms with E-state index in [9.17, 15) is 4.79 Å². The first-order chi connectivity index (χ1) is 15.3. The second-order valence-corrected chi connectivity index (χ2v) is 8.93. The van der Waals surface area contributed by atoms with Gasteiger partial charge in [0.2, 0.25) is 5.91 Å². The fourth-order valence-electron chi connectivity index (χ4n) is 4.44. The van der Waals surface area contributed by atoms with E-state index in [2.05, 4.69) is 67.1 Å². The van der Waals surface area contributed by atoms with Gasteiger partial charge in [-0.3, -0.25) is 9.78 Å². The van der Waals surface area contributed by atoms with Crippen LogP contribution in [0.1, 0.15) is 29.2 Å². The number of piperidine rings is 1. The number of para-hydroxylation sites is 1. The van der Waals surface area contributed by atoms with Gasteiger partial charge >= 0.3 is 0 Å². The van der Waals surface area contributed by atoms with E-state index in [0.717, 1.165) is 30.7 Å². The van der Waals surface area contributed by atoms with E-state index >= 15 is 0 Å². The summed E-state index contributed by atoms with van der Waals surface area (Å²) in [7, 11) is 0. The number of fused-ring (bicyclic) bond motifs is 1. The molecule has 0 aliphatic carbocycles. The normalized spacial score (nSPS) is 17.5. The molecule has 0 bridgehead atoms. The number of aromatic nitrogens is 3. The van der Waals surface area contributed by atoms with Crippen molar-refractivity contribution in [2.75, 3.05) is 24.5 Å². The highest BCUT2D eigenvalue weighted by atomic mass is 32.1. The van der Waals surface area contributed by atoms with Crippen LogP contribution in [0.15, 0.2) is 66.6 Å². The number of anilines is 1. The number of benzene rings is 1. The lowest BCUT2D eigenvalue weighted by Gasteiger charge is -2.32. The van der Waals surface area contributed by atoms with Crippen molar-refractivity contribution in [3.8, 4) is 0 Å². The molecule has 1 amide bonds. The standard InChI is InChI=1S/C24H25N5OS/c30-24(17-5-3-11-29(16-17)23-15-25-9-10-26-23)28-14-20(22-8-4-12-31-22)19-13-27-21-7-2-1-6-18(19)21/h1-2,4,6-10,12-13,15,17,20,27H,3,5,11,14,16H2,(H,28,30)/t17-,20+/m1/s1. The molecule has 1 aliphatic heterocycles. The van der Waals surface area contributed by atoms with Crippen LogP contribution in [0.2, 0.25) is 0 Å². The molecule has 0 unspecified atom stereocenters. The highest BCUT2D eigenvalue weighted by Crippen LogP contribution is 2.33. The minimum absolute atomic E-state index is 0.0392. The van der Waals surface area contributed by atoms with Crippen LogP contribution in [0.4, 0.5) is 5.82 Å². The molecule has 158 valence electrons. The molecule has 0 spiro atoms. The Hall–Kier alpha value is -3.19. The van der Waals surface area contributed by atoms with Gasteiger partial charge in [0.1, 0.15) is 5.82 Å². The van der Waals surface area contributed by atoms with Crippen molar-refractivity contribution >= 4 is 34.0 Å². The van der Waals surface area contributed by atoms with Crippen molar-refractivity contribution in [2.24, 2.45) is 5.92 Å². The summed E-state index contributed by atoms with van der Waals surface area (Å²) in [5.74, 6) is 1.05. The van der Waals surface area contributed by atoms with Crippen LogP contribution in [0.3, 0.4) is 0 Å². The third kappa shape index (κ3) is 4.18. The first kappa shape index (κ1) is 19.8. The minimum atomic E-state index is -0.0392. The number of thiophene rings is 1. The van der Waals surface area contributed by atoms with Gasteiger partial charge < -0.3 is 15.2 Å². The molecule has 3 aromatic heterocycles. The van der Waals surface area contributed by atoms with E-state index in [0.29, 0.717) is 13.1 Å². The number of carbonyl (C=O) groups is 1. The fourth-order valence-corrected chi connectivity index (χ4v) is 5.28. The molecule has 1 aliphatic rings. The molecule has 6 nitrogen and oxygen atoms in total. The second kappa shape index (κ2) is 8.89. The van der Waals surface area contributed by atoms with E-state index in [1.807, 2.05) is 6.07 Å². The largest absolute Gasteiger partial charge is 0.361 e. The van der Waals surface area contributed by atoms with Crippen LogP contribution in [-0.4, -0.2) is 40.5 Å². The Morgan fingerprint density at radius 1 is 1.26 bits per heavy atom. The third-order valence-electron chi connectivity index (χ3n) is 6.03. The number of nitrogens with zero attached hydrogens (tertiary/aromatic N) is 3. The number of nitrogens with one attached hydrogen (secondary N) is 2. The SMILES string of the molecule is O=C(NC[C@H](c1cccs1)c1c[nH]c2ccccc12)[C@@H]1CCCN(c2cnccn2)C1. The Morgan fingerprint density at radius 2 is 2.19 bits per heavy atom. The zero-order chi connectivity index (χ0) is 21.0. The van der Waals surface area contributed by atoms with Crippen molar-refractivity contribution in [3.05, 3.63) is 77.0 Å². The molecule has 7 heteroatoms. The van der Waals surface area contributed by atoms with E-state index in [1.54, 1.807) is 29.9 Å². The number of hydrogen-bond donors (Lipinski definition) is 2. The molecule has 31 heavy (non-hydrogen) atoms. The summed E-state index contributed by atoms with van der Waals surface area (Å²) >= 11 is 1.73. The van der Waals surface area contributed by atoms with Crippen molar-refractivity contribution in [2.45, 2.75) is 18.8 Å². The van der Waals surface area contributed by atoms with E-state index in [-0.39, 0.29) is 17.7 Å². The van der Waals surface area contributed by atoms with Gasteiger partial charge in [0.15, 0.2) is 0 Å². The quantitative estimate of drug-likeness (QED) is 0.480. The average molecular weight is 432 g/mol. The predicted octanol–water partition coefficient (Wildman–Crippen LogP) is 4.18. The van der Waals surface area contributed by atoms with Gasteiger partial charge in [-0.05, 0) is 35.9 Å². The maximum absolute atomic E-state index is 13.1. The zero-order valence-electron chi connectivity index (χ0n) is 17.2. The molecule has 4 aromatic rings. The molecular weight excluding hydrogens is 406 g/mol. The van der Waals surface area contributed by atoms with Gasteiger partial charge in [-0.2, -0.15) is 0 Å². The first-order valence-corrected chi connectivity index (χ1v) is 11.6. The molecule has 0 radical (unpaired) electrons. The molecular formula is C24H25N5OS. The van der Waals surface area contributed by atoms with Gasteiger partial charge in [0, 0.05) is 59.9 Å². The van der Waals surface area contributed by atoms with Gasteiger partial charge in [-0.15, -0.1) is 11.3 Å². The van der Waals surface area contributed by atoms with Gasteiger partial charge in [-0.1, -0.05) is 24.3 Å². The summed E-state index contributed by atoms with van der Waals surface area (Å²) in [6.07, 6.45) is 9.10. The van der Waals surface area contributed by atoms with Crippen molar-refractivity contribution in [3.63, 3.8) is 0 Å². The lowest BCUT2D eigenvalue weighted by molar-refractivity contribution is -0.125. The van der Waals surface area contributed by atoms with E-state index in [4.69, 9.17) is 0 Å². The molecule has 2 atom stereocenters. The van der Waals surface area contributed by atoms with E-state index < -0.39 is 0 Å². The number of hydrogen-bond acceptors (Lipinski definition) is 5. The number of amides is 1. The van der Waals surface area contributed by atoms with Crippen LogP contribution in [-0.2, 0) is 4.79 Å². The van der Waals surface area contributed by atoms with Crippen LogP contribution in [0.25, 0.3) is 10.9 Å². The summed E-state index contributed by atoms with van der Waals surface area (Å²) in [6.45, 7) is 2.18. The summed E-state index contributed by atoms with van der Waals surface area (Å²) in [5.41, 5.74) is 2.35. The zero-order valence-corrected chi connectivity index (χ0v) is 18.0. The van der Waals surface area contributed by atoms with Gasteiger partial charge in [0.25, 0.3) is 0 Å². The molecule has 5 rings (SSSR count). The second-order valence-electron chi connectivity index (χ2n) is 7.95. The third-order valence-corrected chi connectivity index (χ3v) is 7.02. The number of rotatable bonds is 6. The minimum Gasteiger partial charge on any atom is -0.361 e. The van der Waals surface area contributed by atoms with Crippen LogP contribution >= 0.6 is 11.3 Å². The molecule has 2 N–H and O–H groups in total. The van der Waals surface area contributed by atoms with Crippen molar-refractivity contribution in [1.82, 2.24) is 20.3 Å². The van der Waals surface area contributed by atoms with Crippen molar-refractivity contribution < 1.29 is 4.79 Å². The molecule has 0 saturated carbocycles. The molecule has 4 heterocycles. The number of carbonyl (C=O) groups excluding carboxylic acids is 1. The Bertz CT molecular complexity index is 1140. The highest BCUT2D eigenvalue weighted by Gasteiger charge is 2.28. The maximum Gasteiger partial charge on any atom is 0.224 e. The average Bonchev–Trinajstić information content (AvgIpc) is 3.51. The number of aromatic amines is 1. The maximum atomic E-state index is 13.1. The van der Waals surface area contributed by atoms with E-state index in [1.165, 1.54) is 15.8 Å². The topological polar surface area (TPSA) is 73.9 Å². The number of H-pyrrole nitrogens is 1. The summed E-state index contributed by atoms with van der Waals surface area (Å²) in [6, 6.07) is 12.6. The van der Waals surface area contributed by atoms with Gasteiger partial charge in [-0.25, -0.2) is 4.98 Å². The first-order valence-electron chi connectivity index (χ1n) is 10.7. The lowest BCUT2D eigenvalue weighted by atomic mass is 9.94. The summed E-state index contributed by atoms with van der Waals surface area (Å²) < 4.78 is 0. The molecule has 1 fully saturated rings. The summed E-state index contributed by atoms with van der Waals surface area (Å²) in [5, 5.41) is 6.56. The molecule has 1 saturated heterocycles. The Labute approximate surface area is 185 Å². The monoisotopic (exact) mass is 431 g/mol. The highest BCUT2D eigenvalue weighted by molar-refractivity contribution is 7.10. The van der Waals surface area contributed by atoms with Crippen LogP contribution in [0, 0.1) is 5.92 Å². The molecule has 1 aromatic carbocycles. The fraction of sp³-hybridized carbons (Fsp3) is 0.292. The summed E-state index contributed by atoms with van der Waals surface area (Å²) in [4.78, 5) is 28.5.